The first-order valence-corrected chi connectivity index (χ1v) is 10.5. The molecule has 164 valence electrons. The third kappa shape index (κ3) is 3.85. The number of ketones is 2. The molecule has 2 aliphatic carbocycles. The Hall–Kier alpha value is -2.34. The minimum atomic E-state index is -0.549. The predicted octanol–water partition coefficient (Wildman–Crippen LogP) is 3.47. The molecular weight excluding hydrogens is 384 g/mol. The van der Waals surface area contributed by atoms with Crippen LogP contribution in [0.25, 0.3) is 0 Å². The van der Waals surface area contributed by atoms with Crippen LogP contribution in [-0.2, 0) is 16.0 Å². The molecule has 0 saturated heterocycles. The standard InChI is InChI=1S/C24H32O6/c1-13(19(26)8-15-9-21(29-4)23(28)22(10-15)30-5)17-12-24(3)14(2)18(25)7-6-16(24)11-20(17)27/h9-10,12-14,16,18,25,28H,6-8,11H2,1-5H3/t13-,14+,16-,18+,24-/m0/s1. The maximum atomic E-state index is 13.1. The SMILES string of the molecule is COc1cc(CC(=O)[C@@H](C)C2=C[C@]3(C)[C@@H](CC[C@@H](O)[C@H]3C)CC2=O)cc(OC)c1O. The zero-order valence-electron chi connectivity index (χ0n) is 18.4. The van der Waals surface area contributed by atoms with E-state index in [0.29, 0.717) is 17.6 Å². The fraction of sp³-hybridized carbons (Fsp3) is 0.583. The second kappa shape index (κ2) is 8.42. The minimum absolute atomic E-state index is 0.0304. The first-order valence-electron chi connectivity index (χ1n) is 10.5. The second-order valence-corrected chi connectivity index (χ2v) is 8.94. The molecule has 0 heterocycles. The van der Waals surface area contributed by atoms with Crippen molar-refractivity contribution in [3.05, 3.63) is 29.3 Å². The summed E-state index contributed by atoms with van der Waals surface area (Å²) in [5.74, 6) is -0.00703. The number of ether oxygens (including phenoxy) is 2. The van der Waals surface area contributed by atoms with Crippen LogP contribution in [-0.4, -0.2) is 42.1 Å². The quantitative estimate of drug-likeness (QED) is 0.738. The van der Waals surface area contributed by atoms with Crippen molar-refractivity contribution in [3.63, 3.8) is 0 Å². The molecule has 2 aliphatic rings. The Morgan fingerprint density at radius 2 is 1.83 bits per heavy atom. The van der Waals surface area contributed by atoms with Gasteiger partial charge in [-0.15, -0.1) is 0 Å². The number of carbonyl (C=O) groups is 2. The van der Waals surface area contributed by atoms with Crippen LogP contribution >= 0.6 is 0 Å². The Morgan fingerprint density at radius 1 is 1.23 bits per heavy atom. The molecule has 1 aromatic carbocycles. The molecule has 0 spiro atoms. The number of phenols is 1. The molecule has 0 radical (unpaired) electrons. The van der Waals surface area contributed by atoms with E-state index < -0.39 is 5.92 Å². The zero-order valence-corrected chi connectivity index (χ0v) is 18.4. The van der Waals surface area contributed by atoms with Gasteiger partial charge in [-0.25, -0.2) is 0 Å². The lowest BCUT2D eigenvalue weighted by molar-refractivity contribution is -0.126. The van der Waals surface area contributed by atoms with Crippen molar-refractivity contribution in [1.29, 1.82) is 0 Å². The van der Waals surface area contributed by atoms with Crippen molar-refractivity contribution in [2.45, 2.75) is 52.6 Å². The number of aliphatic hydroxyl groups excluding tert-OH is 1. The fourth-order valence-electron chi connectivity index (χ4n) is 4.99. The predicted molar refractivity (Wildman–Crippen MR) is 113 cm³/mol. The summed E-state index contributed by atoms with van der Waals surface area (Å²) in [5, 5.41) is 20.4. The van der Waals surface area contributed by atoms with Crippen LogP contribution in [0.2, 0.25) is 0 Å². The van der Waals surface area contributed by atoms with E-state index in [1.54, 1.807) is 19.1 Å². The lowest BCUT2D eigenvalue weighted by Crippen LogP contribution is -2.47. The summed E-state index contributed by atoms with van der Waals surface area (Å²) in [4.78, 5) is 25.9. The number of allylic oxidation sites excluding steroid dienone is 2. The van der Waals surface area contributed by atoms with Crippen LogP contribution in [0.3, 0.4) is 0 Å². The molecule has 6 heteroatoms. The van der Waals surface area contributed by atoms with Crippen molar-refractivity contribution in [2.24, 2.45) is 23.2 Å². The fourth-order valence-corrected chi connectivity index (χ4v) is 4.99. The molecule has 1 aromatic rings. The number of methoxy groups -OCH3 is 2. The Morgan fingerprint density at radius 3 is 2.40 bits per heavy atom. The molecule has 0 aliphatic heterocycles. The topological polar surface area (TPSA) is 93.1 Å². The van der Waals surface area contributed by atoms with E-state index in [9.17, 15) is 19.8 Å². The van der Waals surface area contributed by atoms with Crippen LogP contribution in [0.4, 0.5) is 0 Å². The van der Waals surface area contributed by atoms with Gasteiger partial charge in [0.15, 0.2) is 17.3 Å². The van der Waals surface area contributed by atoms with Gasteiger partial charge in [0.1, 0.15) is 5.78 Å². The first kappa shape index (κ1) is 22.3. The Kier molecular flexibility index (Phi) is 6.27. The highest BCUT2D eigenvalue weighted by atomic mass is 16.5. The molecule has 0 amide bonds. The molecule has 0 unspecified atom stereocenters. The average molecular weight is 417 g/mol. The summed E-state index contributed by atoms with van der Waals surface area (Å²) in [5.41, 5.74) is 0.908. The molecular formula is C24H32O6. The lowest BCUT2D eigenvalue weighted by atomic mass is 9.55. The van der Waals surface area contributed by atoms with Gasteiger partial charge in [-0.3, -0.25) is 9.59 Å². The van der Waals surface area contributed by atoms with Crippen LogP contribution in [0.5, 0.6) is 17.2 Å². The average Bonchev–Trinajstić information content (AvgIpc) is 2.72. The number of hydrogen-bond acceptors (Lipinski definition) is 6. The molecule has 2 N–H and O–H groups in total. The summed E-state index contributed by atoms with van der Waals surface area (Å²) in [7, 11) is 2.87. The minimum Gasteiger partial charge on any atom is -0.502 e. The largest absolute Gasteiger partial charge is 0.502 e. The number of rotatable bonds is 6. The number of benzene rings is 1. The molecule has 0 aromatic heterocycles. The van der Waals surface area contributed by atoms with Gasteiger partial charge < -0.3 is 19.7 Å². The number of aliphatic hydroxyl groups is 1. The monoisotopic (exact) mass is 416 g/mol. The third-order valence-electron chi connectivity index (χ3n) is 7.34. The number of Topliss-reactive ketones (excluding diaryl/α,β-unsaturated/α-hetero) is 2. The number of aromatic hydroxyl groups is 1. The normalized spacial score (nSPS) is 29.6. The molecule has 30 heavy (non-hydrogen) atoms. The van der Waals surface area contributed by atoms with Crippen molar-refractivity contribution in [2.75, 3.05) is 14.2 Å². The number of carbonyl (C=O) groups excluding carboxylic acids is 2. The Labute approximate surface area is 177 Å². The second-order valence-electron chi connectivity index (χ2n) is 8.94. The zero-order chi connectivity index (χ0) is 22.2. The van der Waals surface area contributed by atoms with Crippen LogP contribution in [0.15, 0.2) is 23.8 Å². The van der Waals surface area contributed by atoms with E-state index in [0.717, 1.165) is 12.8 Å². The van der Waals surface area contributed by atoms with E-state index >= 15 is 0 Å². The van der Waals surface area contributed by atoms with Crippen molar-refractivity contribution in [1.82, 2.24) is 0 Å². The third-order valence-corrected chi connectivity index (χ3v) is 7.34. The van der Waals surface area contributed by atoms with Gasteiger partial charge in [0.2, 0.25) is 5.75 Å². The highest BCUT2D eigenvalue weighted by Crippen LogP contribution is 2.51. The van der Waals surface area contributed by atoms with Gasteiger partial charge in [0, 0.05) is 24.3 Å². The van der Waals surface area contributed by atoms with E-state index in [1.165, 1.54) is 14.2 Å². The molecule has 6 nitrogen and oxygen atoms in total. The molecule has 5 atom stereocenters. The van der Waals surface area contributed by atoms with Crippen LogP contribution < -0.4 is 9.47 Å². The Balaban J connectivity index is 1.86. The van der Waals surface area contributed by atoms with Gasteiger partial charge in [-0.1, -0.05) is 26.8 Å². The summed E-state index contributed by atoms with van der Waals surface area (Å²) >= 11 is 0. The molecule has 3 rings (SSSR count). The smallest absolute Gasteiger partial charge is 0.200 e. The van der Waals surface area contributed by atoms with E-state index in [4.69, 9.17) is 9.47 Å². The number of fused-ring (bicyclic) bond motifs is 1. The molecule has 0 bridgehead atoms. The number of hydrogen-bond donors (Lipinski definition) is 2. The van der Waals surface area contributed by atoms with E-state index in [-0.39, 0.29) is 58.6 Å². The maximum Gasteiger partial charge on any atom is 0.200 e. The lowest BCUT2D eigenvalue weighted by Gasteiger charge is -2.49. The van der Waals surface area contributed by atoms with Crippen LogP contribution in [0.1, 0.15) is 45.6 Å². The summed E-state index contributed by atoms with van der Waals surface area (Å²) in [6.45, 7) is 5.90. The van der Waals surface area contributed by atoms with Gasteiger partial charge >= 0.3 is 0 Å². The van der Waals surface area contributed by atoms with Crippen molar-refractivity contribution >= 4 is 11.6 Å². The summed E-state index contributed by atoms with van der Waals surface area (Å²) in [6, 6.07) is 3.22. The summed E-state index contributed by atoms with van der Waals surface area (Å²) < 4.78 is 10.3. The van der Waals surface area contributed by atoms with Gasteiger partial charge in [0.25, 0.3) is 0 Å². The first-order chi connectivity index (χ1) is 14.1. The Bertz CT molecular complexity index is 847. The van der Waals surface area contributed by atoms with Crippen molar-refractivity contribution in [3.8, 4) is 17.2 Å². The van der Waals surface area contributed by atoms with Gasteiger partial charge in [-0.05, 0) is 47.8 Å². The van der Waals surface area contributed by atoms with Gasteiger partial charge in [-0.2, -0.15) is 0 Å². The van der Waals surface area contributed by atoms with Gasteiger partial charge in [0.05, 0.1) is 20.3 Å². The van der Waals surface area contributed by atoms with Crippen LogP contribution in [0, 0.1) is 23.2 Å². The molecule has 1 fully saturated rings. The summed E-state index contributed by atoms with van der Waals surface area (Å²) in [6.07, 6.45) is 3.65. The highest BCUT2D eigenvalue weighted by molar-refractivity contribution is 6.03. The highest BCUT2D eigenvalue weighted by Gasteiger charge is 2.48. The van der Waals surface area contributed by atoms with E-state index in [2.05, 4.69) is 6.92 Å². The number of phenolic OH excluding ortho intramolecular Hbond substituents is 1. The maximum absolute atomic E-state index is 13.1. The van der Waals surface area contributed by atoms with E-state index in [1.807, 2.05) is 13.0 Å². The van der Waals surface area contributed by atoms with Crippen molar-refractivity contribution < 1.29 is 29.3 Å². The molecule has 1 saturated carbocycles.